The number of hydrogen-bond donors (Lipinski definition) is 2. The van der Waals surface area contributed by atoms with Gasteiger partial charge in [-0.05, 0) is 68.6 Å². The third-order valence-corrected chi connectivity index (χ3v) is 5.88. The standard InChI is InChI=1S/C23H16N2OS/c24-23(26)20-8-10-27-22(20)19-6-5-15-11-16(3-4-17(15)12-19)18-2-1-14-7-9-25-21(14)13-18/h1-13,25H,(H2,24,26). The lowest BCUT2D eigenvalue weighted by molar-refractivity contribution is 0.100. The van der Waals surface area contributed by atoms with E-state index in [1.165, 1.54) is 33.2 Å². The Bertz CT molecular complexity index is 1310. The molecule has 0 aliphatic heterocycles. The van der Waals surface area contributed by atoms with Crippen LogP contribution < -0.4 is 5.73 Å². The quantitative estimate of drug-likeness (QED) is 0.414. The summed E-state index contributed by atoms with van der Waals surface area (Å²) in [5, 5.41) is 5.42. The summed E-state index contributed by atoms with van der Waals surface area (Å²) < 4.78 is 0. The second kappa shape index (κ2) is 6.11. The SMILES string of the molecule is NC(=O)c1ccsc1-c1ccc2cc(-c3ccc4cc[nH]c4c3)ccc2c1. The zero-order chi connectivity index (χ0) is 18.4. The molecule has 27 heavy (non-hydrogen) atoms. The molecule has 5 rings (SSSR count). The highest BCUT2D eigenvalue weighted by molar-refractivity contribution is 7.14. The maximum Gasteiger partial charge on any atom is 0.250 e. The van der Waals surface area contributed by atoms with Crippen LogP contribution in [0.25, 0.3) is 43.2 Å². The molecule has 2 aromatic heterocycles. The van der Waals surface area contributed by atoms with E-state index in [2.05, 4.69) is 65.6 Å². The number of aromatic amines is 1. The summed E-state index contributed by atoms with van der Waals surface area (Å²) in [6.45, 7) is 0. The van der Waals surface area contributed by atoms with Crippen LogP contribution >= 0.6 is 11.3 Å². The minimum atomic E-state index is -0.388. The van der Waals surface area contributed by atoms with Crippen molar-refractivity contribution in [1.29, 1.82) is 0 Å². The fourth-order valence-corrected chi connectivity index (χ4v) is 4.42. The second-order valence-electron chi connectivity index (χ2n) is 6.58. The third kappa shape index (κ3) is 2.71. The van der Waals surface area contributed by atoms with Crippen LogP contribution in [0, 0.1) is 0 Å². The van der Waals surface area contributed by atoms with E-state index in [9.17, 15) is 4.79 Å². The molecule has 0 saturated heterocycles. The van der Waals surface area contributed by atoms with E-state index in [1.54, 1.807) is 6.07 Å². The van der Waals surface area contributed by atoms with Gasteiger partial charge in [-0.15, -0.1) is 11.3 Å². The largest absolute Gasteiger partial charge is 0.366 e. The van der Waals surface area contributed by atoms with E-state index >= 15 is 0 Å². The molecular weight excluding hydrogens is 352 g/mol. The van der Waals surface area contributed by atoms with Gasteiger partial charge >= 0.3 is 0 Å². The molecule has 0 unspecified atom stereocenters. The van der Waals surface area contributed by atoms with Gasteiger partial charge in [-0.1, -0.05) is 36.4 Å². The molecule has 0 spiro atoms. The van der Waals surface area contributed by atoms with Crippen LogP contribution in [-0.4, -0.2) is 10.9 Å². The number of nitrogens with two attached hydrogens (primary N) is 1. The van der Waals surface area contributed by atoms with Crippen LogP contribution in [0.4, 0.5) is 0 Å². The summed E-state index contributed by atoms with van der Waals surface area (Å²) in [6.07, 6.45) is 1.96. The molecule has 0 atom stereocenters. The Morgan fingerprint density at radius 2 is 1.44 bits per heavy atom. The van der Waals surface area contributed by atoms with E-state index in [0.717, 1.165) is 21.3 Å². The van der Waals surface area contributed by atoms with Crippen molar-refractivity contribution >= 4 is 38.9 Å². The van der Waals surface area contributed by atoms with Crippen molar-refractivity contribution in [3.05, 3.63) is 83.9 Å². The van der Waals surface area contributed by atoms with Crippen LogP contribution in [0.1, 0.15) is 10.4 Å². The van der Waals surface area contributed by atoms with Gasteiger partial charge in [0.1, 0.15) is 0 Å². The number of nitrogens with one attached hydrogen (secondary N) is 1. The zero-order valence-electron chi connectivity index (χ0n) is 14.4. The minimum absolute atomic E-state index is 0.388. The van der Waals surface area contributed by atoms with Gasteiger partial charge in [-0.3, -0.25) is 4.79 Å². The predicted octanol–water partition coefficient (Wildman–Crippen LogP) is 5.82. The zero-order valence-corrected chi connectivity index (χ0v) is 15.2. The molecule has 3 N–H and O–H groups in total. The van der Waals surface area contributed by atoms with E-state index < -0.39 is 0 Å². The average Bonchev–Trinajstić information content (AvgIpc) is 3.36. The molecule has 3 aromatic carbocycles. The molecule has 0 aliphatic carbocycles. The Morgan fingerprint density at radius 1 is 0.778 bits per heavy atom. The van der Waals surface area contributed by atoms with Crippen molar-refractivity contribution in [2.75, 3.05) is 0 Å². The first-order chi connectivity index (χ1) is 13.2. The number of aromatic nitrogens is 1. The highest BCUT2D eigenvalue weighted by Gasteiger charge is 2.12. The summed E-state index contributed by atoms with van der Waals surface area (Å²) >= 11 is 1.54. The number of carbonyl (C=O) groups is 1. The molecule has 0 saturated carbocycles. The van der Waals surface area contributed by atoms with Gasteiger partial charge in [0.05, 0.1) is 5.56 Å². The lowest BCUT2D eigenvalue weighted by Gasteiger charge is -2.07. The molecule has 0 fully saturated rings. The Labute approximate surface area is 160 Å². The molecule has 0 radical (unpaired) electrons. The van der Waals surface area contributed by atoms with Crippen molar-refractivity contribution < 1.29 is 4.79 Å². The molecule has 4 heteroatoms. The van der Waals surface area contributed by atoms with Gasteiger partial charge in [0, 0.05) is 16.6 Å². The van der Waals surface area contributed by atoms with Crippen molar-refractivity contribution in [2.45, 2.75) is 0 Å². The van der Waals surface area contributed by atoms with Crippen LogP contribution in [0.5, 0.6) is 0 Å². The van der Waals surface area contributed by atoms with Gasteiger partial charge in [0.15, 0.2) is 0 Å². The molecular formula is C23H16N2OS. The summed E-state index contributed by atoms with van der Waals surface area (Å²) in [5.41, 5.74) is 10.6. The van der Waals surface area contributed by atoms with Crippen molar-refractivity contribution in [1.82, 2.24) is 4.98 Å². The monoisotopic (exact) mass is 368 g/mol. The molecule has 1 amide bonds. The van der Waals surface area contributed by atoms with Gasteiger partial charge in [0.2, 0.25) is 5.91 Å². The summed E-state index contributed by atoms with van der Waals surface area (Å²) in [5.74, 6) is -0.388. The minimum Gasteiger partial charge on any atom is -0.366 e. The predicted molar refractivity (Wildman–Crippen MR) is 113 cm³/mol. The number of carbonyl (C=O) groups excluding carboxylic acids is 1. The molecule has 5 aromatic rings. The Kier molecular flexibility index (Phi) is 3.59. The first-order valence-electron chi connectivity index (χ1n) is 8.68. The molecule has 130 valence electrons. The van der Waals surface area contributed by atoms with Crippen LogP contribution in [0.3, 0.4) is 0 Å². The smallest absolute Gasteiger partial charge is 0.250 e. The number of H-pyrrole nitrogens is 1. The van der Waals surface area contributed by atoms with E-state index in [-0.39, 0.29) is 5.91 Å². The van der Waals surface area contributed by atoms with Crippen LogP contribution in [-0.2, 0) is 0 Å². The normalized spacial score (nSPS) is 11.3. The number of primary amides is 1. The Hall–Kier alpha value is -3.37. The lowest BCUT2D eigenvalue weighted by atomic mass is 9.98. The number of rotatable bonds is 3. The first kappa shape index (κ1) is 15.9. The van der Waals surface area contributed by atoms with Gasteiger partial charge in [0.25, 0.3) is 0 Å². The number of fused-ring (bicyclic) bond motifs is 2. The summed E-state index contributed by atoms with van der Waals surface area (Å²) in [4.78, 5) is 15.8. The fraction of sp³-hybridized carbons (Fsp3) is 0. The Morgan fingerprint density at radius 3 is 2.22 bits per heavy atom. The van der Waals surface area contributed by atoms with Crippen molar-refractivity contribution in [2.24, 2.45) is 5.73 Å². The lowest BCUT2D eigenvalue weighted by Crippen LogP contribution is -2.10. The van der Waals surface area contributed by atoms with Crippen molar-refractivity contribution in [3.8, 4) is 21.6 Å². The van der Waals surface area contributed by atoms with Crippen molar-refractivity contribution in [3.63, 3.8) is 0 Å². The van der Waals surface area contributed by atoms with E-state index in [4.69, 9.17) is 5.73 Å². The van der Waals surface area contributed by atoms with Gasteiger partial charge < -0.3 is 10.7 Å². The van der Waals surface area contributed by atoms with E-state index in [1.807, 2.05) is 11.6 Å². The topological polar surface area (TPSA) is 58.9 Å². The first-order valence-corrected chi connectivity index (χ1v) is 9.56. The molecule has 0 bridgehead atoms. The Balaban J connectivity index is 1.58. The summed E-state index contributed by atoms with van der Waals surface area (Å²) in [7, 11) is 0. The van der Waals surface area contributed by atoms with Gasteiger partial charge in [-0.25, -0.2) is 0 Å². The number of amides is 1. The highest BCUT2D eigenvalue weighted by Crippen LogP contribution is 2.33. The van der Waals surface area contributed by atoms with Crippen LogP contribution in [0.2, 0.25) is 0 Å². The van der Waals surface area contributed by atoms with Crippen LogP contribution in [0.15, 0.2) is 78.3 Å². The van der Waals surface area contributed by atoms with E-state index in [0.29, 0.717) is 5.56 Å². The maximum absolute atomic E-state index is 11.6. The maximum atomic E-state index is 11.6. The second-order valence-corrected chi connectivity index (χ2v) is 7.50. The van der Waals surface area contributed by atoms with Gasteiger partial charge in [-0.2, -0.15) is 0 Å². The molecule has 0 aliphatic rings. The number of hydrogen-bond acceptors (Lipinski definition) is 2. The molecule has 2 heterocycles. The highest BCUT2D eigenvalue weighted by atomic mass is 32.1. The summed E-state index contributed by atoms with van der Waals surface area (Å²) in [6, 6.07) is 23.1. The number of benzene rings is 3. The third-order valence-electron chi connectivity index (χ3n) is 4.92. The number of thiophene rings is 1. The molecule has 3 nitrogen and oxygen atoms in total. The average molecular weight is 368 g/mol. The fourth-order valence-electron chi connectivity index (χ4n) is 3.52.